The molecule has 1 aliphatic carbocycles. The fraction of sp³-hybridized carbons (Fsp3) is 0.462. The van der Waals surface area contributed by atoms with E-state index in [2.05, 4.69) is 28.2 Å². The maximum Gasteiger partial charge on any atom is 0.251 e. The summed E-state index contributed by atoms with van der Waals surface area (Å²) in [4.78, 5) is 12.2. The lowest BCUT2D eigenvalue weighted by molar-refractivity contribution is 0.0945. The van der Waals surface area contributed by atoms with E-state index >= 15 is 0 Å². The van der Waals surface area contributed by atoms with Crippen LogP contribution in [0.5, 0.6) is 0 Å². The van der Waals surface area contributed by atoms with Gasteiger partial charge in [0.05, 0.1) is 4.90 Å². The zero-order chi connectivity index (χ0) is 15.1. The number of carbonyl (C=O) groups is 1. The molecule has 0 aromatic heterocycles. The van der Waals surface area contributed by atoms with Crippen molar-refractivity contribution in [1.82, 2.24) is 5.32 Å². The molecule has 5 nitrogen and oxygen atoms in total. The molecule has 20 heavy (non-hydrogen) atoms. The van der Waals surface area contributed by atoms with Gasteiger partial charge in [0.25, 0.3) is 5.91 Å². The van der Waals surface area contributed by atoms with E-state index in [-0.39, 0.29) is 16.2 Å². The van der Waals surface area contributed by atoms with Gasteiger partial charge in [-0.2, -0.15) is 0 Å². The van der Waals surface area contributed by atoms with Gasteiger partial charge >= 0.3 is 0 Å². The minimum Gasteiger partial charge on any atom is -0.351 e. The summed E-state index contributed by atoms with van der Waals surface area (Å²) in [7, 11) is -3.85. The molecule has 7 heteroatoms. The van der Waals surface area contributed by atoms with Crippen molar-refractivity contribution in [2.75, 3.05) is 6.54 Å². The van der Waals surface area contributed by atoms with Crippen molar-refractivity contribution in [2.45, 2.75) is 31.6 Å². The Hall–Kier alpha value is -0.920. The summed E-state index contributed by atoms with van der Waals surface area (Å²) in [6.45, 7) is 4.29. The van der Waals surface area contributed by atoms with Gasteiger partial charge in [-0.15, -0.1) is 0 Å². The molecule has 1 aromatic carbocycles. The largest absolute Gasteiger partial charge is 0.351 e. The third kappa shape index (κ3) is 3.39. The second kappa shape index (κ2) is 5.13. The van der Waals surface area contributed by atoms with Gasteiger partial charge in [0.2, 0.25) is 10.0 Å². The molecule has 1 fully saturated rings. The molecular weight excluding hydrogens is 344 g/mol. The number of nitrogens with two attached hydrogens (primary N) is 1. The summed E-state index contributed by atoms with van der Waals surface area (Å²) < 4.78 is 23.6. The van der Waals surface area contributed by atoms with Crippen LogP contribution in [0.4, 0.5) is 0 Å². The minimum absolute atomic E-state index is 0.0327. The molecule has 110 valence electrons. The van der Waals surface area contributed by atoms with Crippen LogP contribution < -0.4 is 10.5 Å². The Balaban J connectivity index is 2.31. The van der Waals surface area contributed by atoms with E-state index in [4.69, 9.17) is 5.14 Å². The fourth-order valence-corrected chi connectivity index (χ4v) is 3.40. The monoisotopic (exact) mass is 360 g/mol. The summed E-state index contributed by atoms with van der Waals surface area (Å²) in [5, 5.41) is 8.02. The lowest BCUT2D eigenvalue weighted by atomic mass is 10.1. The standard InChI is InChI=1S/C13H17BrN2O3S/c1-8-10(12(17)16-7-13(2)3-4-13)5-9(14)6-11(8)20(15,18)19/h5-6H,3-4,7H2,1-2H3,(H,16,17)(H2,15,18,19). The summed E-state index contributed by atoms with van der Waals surface area (Å²) >= 11 is 3.21. The van der Waals surface area contributed by atoms with Gasteiger partial charge in [0.1, 0.15) is 0 Å². The summed E-state index contributed by atoms with van der Waals surface area (Å²) in [6.07, 6.45) is 2.21. The van der Waals surface area contributed by atoms with E-state index < -0.39 is 10.0 Å². The van der Waals surface area contributed by atoms with Crippen LogP contribution >= 0.6 is 15.9 Å². The minimum atomic E-state index is -3.85. The highest BCUT2D eigenvalue weighted by molar-refractivity contribution is 9.10. The molecule has 0 radical (unpaired) electrons. The highest BCUT2D eigenvalue weighted by atomic mass is 79.9. The molecule has 1 aromatic rings. The average molecular weight is 361 g/mol. The number of nitrogens with one attached hydrogen (secondary N) is 1. The van der Waals surface area contributed by atoms with Gasteiger partial charge in [-0.05, 0) is 42.9 Å². The van der Waals surface area contributed by atoms with E-state index in [1.807, 2.05) is 0 Å². The van der Waals surface area contributed by atoms with Crippen molar-refractivity contribution in [3.63, 3.8) is 0 Å². The molecule has 1 amide bonds. The maximum atomic E-state index is 12.2. The molecule has 1 saturated carbocycles. The molecule has 0 atom stereocenters. The molecule has 3 N–H and O–H groups in total. The average Bonchev–Trinajstić information content (AvgIpc) is 3.06. The SMILES string of the molecule is Cc1c(C(=O)NCC2(C)CC2)cc(Br)cc1S(N)(=O)=O. The molecule has 0 aliphatic heterocycles. The Morgan fingerprint density at radius 3 is 2.55 bits per heavy atom. The number of benzene rings is 1. The highest BCUT2D eigenvalue weighted by Crippen LogP contribution is 2.44. The van der Waals surface area contributed by atoms with Crippen LogP contribution in [0.1, 0.15) is 35.7 Å². The third-order valence-electron chi connectivity index (χ3n) is 3.66. The van der Waals surface area contributed by atoms with Crippen molar-refractivity contribution in [2.24, 2.45) is 10.6 Å². The van der Waals surface area contributed by atoms with Crippen molar-refractivity contribution in [3.05, 3.63) is 27.7 Å². The molecule has 0 unspecified atom stereocenters. The van der Waals surface area contributed by atoms with Gasteiger partial charge in [-0.3, -0.25) is 4.79 Å². The first-order valence-corrected chi connectivity index (χ1v) is 8.57. The normalized spacial score (nSPS) is 16.8. The molecule has 0 heterocycles. The van der Waals surface area contributed by atoms with Crippen molar-refractivity contribution >= 4 is 31.9 Å². The summed E-state index contributed by atoms with van der Waals surface area (Å²) in [5.74, 6) is -0.276. The molecule has 0 saturated heterocycles. The molecule has 2 rings (SSSR count). The Kier molecular flexibility index (Phi) is 3.96. The topological polar surface area (TPSA) is 89.3 Å². The summed E-state index contributed by atoms with van der Waals surface area (Å²) in [6, 6.07) is 3.01. The molecule has 1 aliphatic rings. The van der Waals surface area contributed by atoms with Crippen LogP contribution in [0.3, 0.4) is 0 Å². The van der Waals surface area contributed by atoms with Crippen LogP contribution in [0, 0.1) is 12.3 Å². The van der Waals surface area contributed by atoms with Crippen LogP contribution in [0.2, 0.25) is 0 Å². The second-order valence-electron chi connectivity index (χ2n) is 5.61. The first kappa shape index (κ1) is 15.5. The predicted octanol–water partition coefficient (Wildman–Crippen LogP) is 1.93. The Morgan fingerprint density at radius 2 is 2.05 bits per heavy atom. The predicted molar refractivity (Wildman–Crippen MR) is 79.9 cm³/mol. The van der Waals surface area contributed by atoms with E-state index in [1.165, 1.54) is 6.07 Å². The molecular formula is C13H17BrN2O3S. The first-order chi connectivity index (χ1) is 9.12. The fourth-order valence-electron chi connectivity index (χ4n) is 1.96. The Morgan fingerprint density at radius 1 is 1.45 bits per heavy atom. The highest BCUT2D eigenvalue weighted by Gasteiger charge is 2.37. The van der Waals surface area contributed by atoms with Gasteiger partial charge in [0, 0.05) is 16.6 Å². The van der Waals surface area contributed by atoms with E-state index in [0.29, 0.717) is 22.1 Å². The van der Waals surface area contributed by atoms with Crippen LogP contribution in [0.25, 0.3) is 0 Å². The van der Waals surface area contributed by atoms with Crippen LogP contribution in [0.15, 0.2) is 21.5 Å². The lowest BCUT2D eigenvalue weighted by Gasteiger charge is -2.13. The number of amides is 1. The van der Waals surface area contributed by atoms with Gasteiger partial charge in [-0.1, -0.05) is 22.9 Å². The zero-order valence-electron chi connectivity index (χ0n) is 11.4. The van der Waals surface area contributed by atoms with Crippen molar-refractivity contribution in [1.29, 1.82) is 0 Å². The Bertz CT molecular complexity index is 666. The van der Waals surface area contributed by atoms with Gasteiger partial charge < -0.3 is 5.32 Å². The van der Waals surface area contributed by atoms with Crippen LogP contribution in [-0.4, -0.2) is 20.9 Å². The Labute approximate surface area is 127 Å². The quantitative estimate of drug-likeness (QED) is 0.859. The number of halogens is 1. The van der Waals surface area contributed by atoms with Crippen molar-refractivity contribution < 1.29 is 13.2 Å². The number of rotatable bonds is 4. The number of primary sulfonamides is 1. The van der Waals surface area contributed by atoms with Crippen molar-refractivity contribution in [3.8, 4) is 0 Å². The molecule has 0 spiro atoms. The van der Waals surface area contributed by atoms with E-state index in [0.717, 1.165) is 12.8 Å². The first-order valence-electron chi connectivity index (χ1n) is 6.24. The van der Waals surface area contributed by atoms with Gasteiger partial charge in [0.15, 0.2) is 0 Å². The lowest BCUT2D eigenvalue weighted by Crippen LogP contribution is -2.30. The smallest absolute Gasteiger partial charge is 0.251 e. The van der Waals surface area contributed by atoms with Gasteiger partial charge in [-0.25, -0.2) is 13.6 Å². The number of hydrogen-bond donors (Lipinski definition) is 2. The zero-order valence-corrected chi connectivity index (χ0v) is 13.8. The summed E-state index contributed by atoms with van der Waals surface area (Å²) in [5.41, 5.74) is 0.889. The number of sulfonamides is 1. The third-order valence-corrected chi connectivity index (χ3v) is 5.15. The number of carbonyl (C=O) groups excluding carboxylic acids is 1. The molecule has 0 bridgehead atoms. The number of hydrogen-bond acceptors (Lipinski definition) is 3. The maximum absolute atomic E-state index is 12.2. The van der Waals surface area contributed by atoms with Crippen LogP contribution in [-0.2, 0) is 10.0 Å². The van der Waals surface area contributed by atoms with E-state index in [9.17, 15) is 13.2 Å². The van der Waals surface area contributed by atoms with E-state index in [1.54, 1.807) is 13.0 Å². The second-order valence-corrected chi connectivity index (χ2v) is 8.06.